The first-order valence-corrected chi connectivity index (χ1v) is 9.20. The number of benzene rings is 1. The number of nitrogens with one attached hydrogen (secondary N) is 2. The van der Waals surface area contributed by atoms with E-state index in [1.807, 2.05) is 36.0 Å². The number of guanidine groups is 1. The number of rotatable bonds is 7. The highest BCUT2D eigenvalue weighted by Crippen LogP contribution is 2.08. The van der Waals surface area contributed by atoms with Gasteiger partial charge in [0, 0.05) is 38.7 Å². The first-order valence-electron chi connectivity index (χ1n) is 9.20. The van der Waals surface area contributed by atoms with E-state index in [1.165, 1.54) is 5.56 Å². The van der Waals surface area contributed by atoms with Crippen LogP contribution in [0.4, 0.5) is 0 Å². The third kappa shape index (κ3) is 5.41. The van der Waals surface area contributed by atoms with Crippen LogP contribution in [0.15, 0.2) is 66.0 Å². The smallest absolute Gasteiger partial charge is 0.191 e. The van der Waals surface area contributed by atoms with Crippen molar-refractivity contribution in [3.05, 3.63) is 78.0 Å². The molecule has 0 radical (unpaired) electrons. The molecule has 0 aliphatic heterocycles. The van der Waals surface area contributed by atoms with Gasteiger partial charge < -0.3 is 10.6 Å². The van der Waals surface area contributed by atoms with Crippen LogP contribution in [0.25, 0.3) is 5.82 Å². The van der Waals surface area contributed by atoms with E-state index in [2.05, 4.69) is 55.9 Å². The van der Waals surface area contributed by atoms with Crippen LogP contribution in [0.1, 0.15) is 23.4 Å². The van der Waals surface area contributed by atoms with Crippen molar-refractivity contribution in [1.82, 2.24) is 25.2 Å². The zero-order valence-electron chi connectivity index (χ0n) is 15.9. The van der Waals surface area contributed by atoms with Gasteiger partial charge in [-0.05, 0) is 37.0 Å². The van der Waals surface area contributed by atoms with E-state index in [9.17, 15) is 0 Å². The van der Waals surface area contributed by atoms with Gasteiger partial charge in [-0.1, -0.05) is 36.4 Å². The predicted octanol–water partition coefficient (Wildman–Crippen LogP) is 2.87. The Morgan fingerprint density at radius 1 is 1.04 bits per heavy atom. The molecule has 6 heteroatoms. The molecule has 0 atom stereocenters. The third-order valence-electron chi connectivity index (χ3n) is 4.34. The van der Waals surface area contributed by atoms with Crippen LogP contribution in [0.3, 0.4) is 0 Å². The zero-order valence-corrected chi connectivity index (χ0v) is 15.9. The Morgan fingerprint density at radius 2 is 1.89 bits per heavy atom. The largest absolute Gasteiger partial charge is 0.356 e. The van der Waals surface area contributed by atoms with Crippen LogP contribution in [-0.4, -0.2) is 34.1 Å². The second-order valence-electron chi connectivity index (χ2n) is 6.31. The molecule has 2 heterocycles. The number of pyridine rings is 1. The minimum atomic E-state index is 0.675. The van der Waals surface area contributed by atoms with Crippen LogP contribution in [-0.2, 0) is 13.0 Å². The Kier molecular flexibility index (Phi) is 6.57. The molecule has 0 saturated heterocycles. The molecular weight excluding hydrogens is 336 g/mol. The summed E-state index contributed by atoms with van der Waals surface area (Å²) in [7, 11) is 1.79. The van der Waals surface area contributed by atoms with Crippen molar-refractivity contribution in [2.24, 2.45) is 4.99 Å². The van der Waals surface area contributed by atoms with E-state index in [4.69, 9.17) is 0 Å². The molecule has 3 rings (SSSR count). The lowest BCUT2D eigenvalue weighted by atomic mass is 10.1. The van der Waals surface area contributed by atoms with E-state index in [0.29, 0.717) is 6.54 Å². The Labute approximate surface area is 160 Å². The summed E-state index contributed by atoms with van der Waals surface area (Å²) in [6.45, 7) is 3.52. The van der Waals surface area contributed by atoms with Gasteiger partial charge in [-0.25, -0.2) is 9.97 Å². The summed E-state index contributed by atoms with van der Waals surface area (Å²) < 4.78 is 1.96. The molecule has 0 bridgehead atoms. The number of hydrogen-bond donors (Lipinski definition) is 2. The molecule has 0 unspecified atom stereocenters. The molecule has 140 valence electrons. The molecule has 6 nitrogen and oxygen atoms in total. The molecule has 0 saturated carbocycles. The lowest BCUT2D eigenvalue weighted by Crippen LogP contribution is -2.37. The highest BCUT2D eigenvalue weighted by atomic mass is 15.2. The van der Waals surface area contributed by atoms with Crippen LogP contribution < -0.4 is 10.6 Å². The lowest BCUT2D eigenvalue weighted by Gasteiger charge is -2.12. The summed E-state index contributed by atoms with van der Waals surface area (Å²) in [6, 6.07) is 14.6. The van der Waals surface area contributed by atoms with Gasteiger partial charge in [-0.3, -0.25) is 9.56 Å². The quantitative estimate of drug-likeness (QED) is 0.385. The van der Waals surface area contributed by atoms with E-state index in [1.54, 1.807) is 13.2 Å². The summed E-state index contributed by atoms with van der Waals surface area (Å²) in [4.78, 5) is 13.0. The first kappa shape index (κ1) is 18.6. The van der Waals surface area contributed by atoms with Gasteiger partial charge in [0.25, 0.3) is 0 Å². The topological polar surface area (TPSA) is 67.1 Å². The van der Waals surface area contributed by atoms with Crippen LogP contribution in [0.2, 0.25) is 0 Å². The summed E-state index contributed by atoms with van der Waals surface area (Å²) in [5.41, 5.74) is 2.46. The van der Waals surface area contributed by atoms with Crippen molar-refractivity contribution in [1.29, 1.82) is 0 Å². The molecule has 0 aliphatic carbocycles. The van der Waals surface area contributed by atoms with E-state index >= 15 is 0 Å². The Bertz CT molecular complexity index is 852. The average molecular weight is 362 g/mol. The molecule has 0 fully saturated rings. The van der Waals surface area contributed by atoms with Crippen molar-refractivity contribution in [2.45, 2.75) is 26.3 Å². The summed E-state index contributed by atoms with van der Waals surface area (Å²) >= 11 is 0. The number of imidazole rings is 1. The van der Waals surface area contributed by atoms with Gasteiger partial charge in [-0.2, -0.15) is 0 Å². The fourth-order valence-corrected chi connectivity index (χ4v) is 2.83. The van der Waals surface area contributed by atoms with Gasteiger partial charge in [0.05, 0.1) is 0 Å². The minimum Gasteiger partial charge on any atom is -0.356 e. The molecule has 0 spiro atoms. The normalized spacial score (nSPS) is 11.4. The van der Waals surface area contributed by atoms with Crippen LogP contribution in [0, 0.1) is 6.92 Å². The van der Waals surface area contributed by atoms with Crippen LogP contribution in [0.5, 0.6) is 0 Å². The van der Waals surface area contributed by atoms with Gasteiger partial charge in [0.2, 0.25) is 0 Å². The summed E-state index contributed by atoms with van der Waals surface area (Å²) in [6.07, 6.45) is 7.69. The number of nitrogens with zero attached hydrogens (tertiary/aromatic N) is 4. The zero-order chi connectivity index (χ0) is 18.9. The Hall–Kier alpha value is -3.15. The van der Waals surface area contributed by atoms with Crippen molar-refractivity contribution in [3.63, 3.8) is 0 Å². The number of aromatic nitrogens is 3. The maximum absolute atomic E-state index is 4.52. The average Bonchev–Trinajstić information content (AvgIpc) is 3.14. The Morgan fingerprint density at radius 3 is 2.56 bits per heavy atom. The molecule has 1 aromatic carbocycles. The minimum absolute atomic E-state index is 0.675. The second-order valence-corrected chi connectivity index (χ2v) is 6.31. The van der Waals surface area contributed by atoms with Crippen molar-refractivity contribution in [2.75, 3.05) is 13.6 Å². The van der Waals surface area contributed by atoms with Gasteiger partial charge >= 0.3 is 0 Å². The van der Waals surface area contributed by atoms with E-state index < -0.39 is 0 Å². The van der Waals surface area contributed by atoms with Crippen molar-refractivity contribution in [3.8, 4) is 5.82 Å². The van der Waals surface area contributed by atoms with Crippen LogP contribution >= 0.6 is 0 Å². The van der Waals surface area contributed by atoms with Crippen molar-refractivity contribution >= 4 is 5.96 Å². The van der Waals surface area contributed by atoms with Crippen molar-refractivity contribution < 1.29 is 0 Å². The summed E-state index contributed by atoms with van der Waals surface area (Å²) in [5, 5.41) is 6.69. The molecule has 3 aromatic rings. The molecule has 2 aromatic heterocycles. The second kappa shape index (κ2) is 9.52. The molecule has 0 amide bonds. The maximum Gasteiger partial charge on any atom is 0.191 e. The predicted molar refractivity (Wildman–Crippen MR) is 109 cm³/mol. The molecule has 2 N–H and O–H groups in total. The summed E-state index contributed by atoms with van der Waals surface area (Å²) in [5.74, 6) is 2.60. The monoisotopic (exact) mass is 362 g/mol. The maximum atomic E-state index is 4.52. The van der Waals surface area contributed by atoms with Gasteiger partial charge in [0.1, 0.15) is 11.6 Å². The molecule has 27 heavy (non-hydrogen) atoms. The van der Waals surface area contributed by atoms with Gasteiger partial charge in [0.15, 0.2) is 5.96 Å². The standard InChI is InChI=1S/C21H26N6/c1-17-23-13-14-27(17)20-11-10-19(15-25-20)16-26-21(22-2)24-12-6-9-18-7-4-3-5-8-18/h3-5,7-8,10-11,13-15H,6,9,12,16H2,1-2H3,(H2,22,24,26). The number of hydrogen-bond acceptors (Lipinski definition) is 3. The highest BCUT2D eigenvalue weighted by Gasteiger charge is 2.03. The fourth-order valence-electron chi connectivity index (χ4n) is 2.83. The van der Waals surface area contributed by atoms with E-state index in [-0.39, 0.29) is 0 Å². The fraction of sp³-hybridized carbons (Fsp3) is 0.286. The van der Waals surface area contributed by atoms with E-state index in [0.717, 1.165) is 42.6 Å². The number of aryl methyl sites for hydroxylation is 2. The van der Waals surface area contributed by atoms with Gasteiger partial charge in [-0.15, -0.1) is 0 Å². The SMILES string of the molecule is CN=C(NCCCc1ccccc1)NCc1ccc(-n2ccnc2C)nc1. The number of aliphatic imine (C=N–C) groups is 1. The highest BCUT2D eigenvalue weighted by molar-refractivity contribution is 5.79. The third-order valence-corrected chi connectivity index (χ3v) is 4.34. The Balaban J connectivity index is 1.43. The lowest BCUT2D eigenvalue weighted by molar-refractivity contribution is 0.741. The first-order chi connectivity index (χ1) is 13.3. The molecule has 0 aliphatic rings. The molecular formula is C21H26N6.